The van der Waals surface area contributed by atoms with E-state index in [2.05, 4.69) is 9.97 Å². The summed E-state index contributed by atoms with van der Waals surface area (Å²) in [4.78, 5) is 8.81. The number of imidazole rings is 1. The zero-order valence-corrected chi connectivity index (χ0v) is 11.7. The number of benzene rings is 1. The Hall–Kier alpha value is -2.56. The topological polar surface area (TPSA) is 66.0 Å². The Labute approximate surface area is 117 Å². The lowest BCUT2D eigenvalue weighted by atomic mass is 10.2. The molecule has 5 nitrogen and oxygen atoms in total. The monoisotopic (exact) mass is 268 g/mol. The fourth-order valence-electron chi connectivity index (χ4n) is 2.34. The Morgan fingerprint density at radius 1 is 1.20 bits per heavy atom. The van der Waals surface area contributed by atoms with E-state index in [4.69, 9.17) is 10.5 Å². The van der Waals surface area contributed by atoms with Gasteiger partial charge >= 0.3 is 0 Å². The van der Waals surface area contributed by atoms with Crippen LogP contribution in [0.1, 0.15) is 11.1 Å². The van der Waals surface area contributed by atoms with Gasteiger partial charge in [-0.1, -0.05) is 0 Å². The Kier molecular flexibility index (Phi) is 2.82. The van der Waals surface area contributed by atoms with Crippen molar-refractivity contribution in [2.75, 3.05) is 12.8 Å². The number of nitrogens with zero attached hydrogens (tertiary/aromatic N) is 3. The van der Waals surface area contributed by atoms with Gasteiger partial charge in [0.25, 0.3) is 0 Å². The lowest BCUT2D eigenvalue weighted by Crippen LogP contribution is -2.02. The van der Waals surface area contributed by atoms with Gasteiger partial charge in [-0.25, -0.2) is 9.97 Å². The number of nitrogen functional groups attached to an aromatic ring is 1. The summed E-state index contributed by atoms with van der Waals surface area (Å²) in [6.07, 6.45) is 1.82. The third-order valence-electron chi connectivity index (χ3n) is 3.30. The highest BCUT2D eigenvalue weighted by atomic mass is 16.5. The smallest absolute Gasteiger partial charge is 0.207 e. The largest absolute Gasteiger partial charge is 0.496 e. The molecule has 0 aliphatic carbocycles. The lowest BCUT2D eigenvalue weighted by Gasteiger charge is -2.09. The molecule has 0 bridgehead atoms. The van der Waals surface area contributed by atoms with Gasteiger partial charge in [0.2, 0.25) is 5.95 Å². The van der Waals surface area contributed by atoms with E-state index in [-0.39, 0.29) is 0 Å². The summed E-state index contributed by atoms with van der Waals surface area (Å²) >= 11 is 0. The van der Waals surface area contributed by atoms with Gasteiger partial charge in [-0.15, -0.1) is 0 Å². The van der Waals surface area contributed by atoms with E-state index in [9.17, 15) is 0 Å². The van der Waals surface area contributed by atoms with Crippen molar-refractivity contribution in [2.45, 2.75) is 13.8 Å². The summed E-state index contributed by atoms with van der Waals surface area (Å²) in [5.74, 6) is 1.28. The number of hydrogen-bond acceptors (Lipinski definition) is 4. The van der Waals surface area contributed by atoms with Gasteiger partial charge in [-0.3, -0.25) is 4.57 Å². The molecule has 3 aromatic rings. The zero-order valence-electron chi connectivity index (χ0n) is 11.7. The fraction of sp³-hybridized carbons (Fsp3) is 0.200. The van der Waals surface area contributed by atoms with Crippen molar-refractivity contribution in [1.82, 2.24) is 14.5 Å². The third kappa shape index (κ3) is 1.87. The number of methoxy groups -OCH3 is 1. The van der Waals surface area contributed by atoms with Crippen molar-refractivity contribution >= 4 is 17.1 Å². The first kappa shape index (κ1) is 12.5. The van der Waals surface area contributed by atoms with Crippen LogP contribution in [0.3, 0.4) is 0 Å². The molecule has 3 rings (SSSR count). The van der Waals surface area contributed by atoms with Crippen LogP contribution in [0.15, 0.2) is 30.5 Å². The summed E-state index contributed by atoms with van der Waals surface area (Å²) in [5, 5.41) is 0. The molecule has 0 unspecified atom stereocenters. The molecule has 2 aromatic heterocycles. The number of nitrogens with two attached hydrogens (primary N) is 1. The summed E-state index contributed by atoms with van der Waals surface area (Å²) in [6.45, 7) is 3.98. The number of rotatable bonds is 2. The predicted octanol–water partition coefficient (Wildman–Crippen LogP) is 2.63. The summed E-state index contributed by atoms with van der Waals surface area (Å²) in [6, 6.07) is 7.86. The maximum atomic E-state index is 6.04. The van der Waals surface area contributed by atoms with Gasteiger partial charge in [0.1, 0.15) is 11.3 Å². The van der Waals surface area contributed by atoms with Crippen molar-refractivity contribution in [2.24, 2.45) is 0 Å². The standard InChI is InChI=1S/C15H16N4O/c1-9-6-12-14(17-8-9)19(15(16)18-12)11-4-5-13(20-3)10(2)7-11/h4-8H,1-3H3,(H2,16,18). The molecule has 2 heterocycles. The van der Waals surface area contributed by atoms with Crippen LogP contribution in [-0.2, 0) is 0 Å². The van der Waals surface area contributed by atoms with Gasteiger partial charge in [-0.05, 0) is 49.2 Å². The van der Waals surface area contributed by atoms with Crippen LogP contribution < -0.4 is 10.5 Å². The number of hydrogen-bond donors (Lipinski definition) is 1. The molecule has 0 amide bonds. The predicted molar refractivity (Wildman–Crippen MR) is 79.3 cm³/mol. The van der Waals surface area contributed by atoms with Crippen molar-refractivity contribution in [3.05, 3.63) is 41.6 Å². The highest BCUT2D eigenvalue weighted by molar-refractivity contribution is 5.77. The minimum atomic E-state index is 0.433. The normalized spacial score (nSPS) is 10.9. The van der Waals surface area contributed by atoms with E-state index in [1.807, 2.05) is 48.9 Å². The van der Waals surface area contributed by atoms with Crippen LogP contribution in [-0.4, -0.2) is 21.6 Å². The fourth-order valence-corrected chi connectivity index (χ4v) is 2.34. The van der Waals surface area contributed by atoms with Crippen LogP contribution in [0, 0.1) is 13.8 Å². The zero-order chi connectivity index (χ0) is 14.3. The Morgan fingerprint density at radius 2 is 2.00 bits per heavy atom. The average Bonchev–Trinajstić information content (AvgIpc) is 2.73. The van der Waals surface area contributed by atoms with Crippen molar-refractivity contribution < 1.29 is 4.74 Å². The number of pyridine rings is 1. The highest BCUT2D eigenvalue weighted by Gasteiger charge is 2.12. The molecular formula is C15H16N4O. The molecule has 102 valence electrons. The number of ether oxygens (including phenoxy) is 1. The number of fused-ring (bicyclic) bond motifs is 1. The molecule has 2 N–H and O–H groups in total. The van der Waals surface area contributed by atoms with Crippen LogP contribution in [0.4, 0.5) is 5.95 Å². The number of anilines is 1. The molecule has 1 aromatic carbocycles. The maximum Gasteiger partial charge on any atom is 0.207 e. The van der Waals surface area contributed by atoms with E-state index in [0.717, 1.165) is 33.7 Å². The first-order valence-corrected chi connectivity index (χ1v) is 6.35. The molecule has 0 aliphatic rings. The molecule has 0 radical (unpaired) electrons. The summed E-state index contributed by atoms with van der Waals surface area (Å²) < 4.78 is 7.13. The van der Waals surface area contributed by atoms with Gasteiger partial charge < -0.3 is 10.5 Å². The highest BCUT2D eigenvalue weighted by Crippen LogP contribution is 2.26. The molecule has 20 heavy (non-hydrogen) atoms. The van der Waals surface area contributed by atoms with Gasteiger partial charge in [0, 0.05) is 6.20 Å². The third-order valence-corrected chi connectivity index (χ3v) is 3.30. The Morgan fingerprint density at radius 3 is 2.70 bits per heavy atom. The van der Waals surface area contributed by atoms with Crippen molar-refractivity contribution in [1.29, 1.82) is 0 Å². The Balaban J connectivity index is 2.23. The van der Waals surface area contributed by atoms with Crippen LogP contribution in [0.5, 0.6) is 5.75 Å². The first-order chi connectivity index (χ1) is 9.60. The molecule has 0 spiro atoms. The van der Waals surface area contributed by atoms with E-state index >= 15 is 0 Å². The van der Waals surface area contributed by atoms with Crippen LogP contribution >= 0.6 is 0 Å². The van der Waals surface area contributed by atoms with Crippen LogP contribution in [0.2, 0.25) is 0 Å². The second kappa shape index (κ2) is 4.52. The number of aromatic nitrogens is 3. The summed E-state index contributed by atoms with van der Waals surface area (Å²) in [5.41, 5.74) is 10.6. The summed E-state index contributed by atoms with van der Waals surface area (Å²) in [7, 11) is 1.66. The molecule has 5 heteroatoms. The Bertz CT molecular complexity index is 792. The molecule has 0 aliphatic heterocycles. The van der Waals surface area contributed by atoms with Gasteiger partial charge in [0.15, 0.2) is 5.65 Å². The minimum Gasteiger partial charge on any atom is -0.496 e. The molecule has 0 atom stereocenters. The quantitative estimate of drug-likeness (QED) is 0.776. The maximum absolute atomic E-state index is 6.04. The van der Waals surface area contributed by atoms with Crippen molar-refractivity contribution in [3.8, 4) is 11.4 Å². The van der Waals surface area contributed by atoms with E-state index in [1.54, 1.807) is 7.11 Å². The molecule has 0 fully saturated rings. The van der Waals surface area contributed by atoms with Crippen molar-refractivity contribution in [3.63, 3.8) is 0 Å². The number of aryl methyl sites for hydroxylation is 2. The SMILES string of the molecule is COc1ccc(-n2c(N)nc3cc(C)cnc32)cc1C. The van der Waals surface area contributed by atoms with Gasteiger partial charge in [0.05, 0.1) is 12.8 Å². The second-order valence-corrected chi connectivity index (χ2v) is 4.81. The first-order valence-electron chi connectivity index (χ1n) is 6.35. The second-order valence-electron chi connectivity index (χ2n) is 4.81. The van der Waals surface area contributed by atoms with Crippen LogP contribution in [0.25, 0.3) is 16.9 Å². The average molecular weight is 268 g/mol. The lowest BCUT2D eigenvalue weighted by molar-refractivity contribution is 0.411. The van der Waals surface area contributed by atoms with E-state index in [1.165, 1.54) is 0 Å². The van der Waals surface area contributed by atoms with E-state index in [0.29, 0.717) is 5.95 Å². The van der Waals surface area contributed by atoms with Gasteiger partial charge in [-0.2, -0.15) is 0 Å². The molecule has 0 saturated carbocycles. The van der Waals surface area contributed by atoms with E-state index < -0.39 is 0 Å². The molecule has 0 saturated heterocycles. The molecular weight excluding hydrogens is 252 g/mol. The minimum absolute atomic E-state index is 0.433.